The van der Waals surface area contributed by atoms with Crippen LogP contribution in [0.25, 0.3) is 0 Å². The van der Waals surface area contributed by atoms with Crippen molar-refractivity contribution in [3.63, 3.8) is 0 Å². The van der Waals surface area contributed by atoms with Gasteiger partial charge < -0.3 is 5.73 Å². The van der Waals surface area contributed by atoms with Gasteiger partial charge in [0.1, 0.15) is 10.7 Å². The highest BCUT2D eigenvalue weighted by atomic mass is 32.2. The minimum Gasteiger partial charge on any atom is -0.398 e. The third-order valence-electron chi connectivity index (χ3n) is 2.46. The highest BCUT2D eigenvalue weighted by Gasteiger charge is 2.24. The van der Waals surface area contributed by atoms with Crippen LogP contribution in [0.5, 0.6) is 0 Å². The molecule has 0 fully saturated rings. The first-order chi connectivity index (χ1) is 9.33. The average molecular weight is 302 g/mol. The molecule has 0 atom stereocenters. The van der Waals surface area contributed by atoms with Crippen LogP contribution in [-0.4, -0.2) is 8.42 Å². The van der Waals surface area contributed by atoms with E-state index in [1.54, 1.807) is 4.72 Å². The topological polar surface area (TPSA) is 72.2 Å². The molecule has 0 radical (unpaired) electrons. The van der Waals surface area contributed by atoms with Crippen LogP contribution in [0.3, 0.4) is 0 Å². The van der Waals surface area contributed by atoms with Crippen molar-refractivity contribution in [3.05, 3.63) is 53.8 Å². The fourth-order valence-electron chi connectivity index (χ4n) is 1.59. The molecule has 0 saturated heterocycles. The van der Waals surface area contributed by atoms with Crippen LogP contribution < -0.4 is 10.5 Å². The lowest BCUT2D eigenvalue weighted by molar-refractivity contribution is 0.511. The Hall–Kier alpha value is -2.22. The van der Waals surface area contributed by atoms with Gasteiger partial charge in [-0.25, -0.2) is 21.6 Å². The van der Waals surface area contributed by atoms with Crippen molar-refractivity contribution in [1.29, 1.82) is 0 Å². The number of sulfonamides is 1. The number of rotatable bonds is 3. The smallest absolute Gasteiger partial charge is 0.266 e. The summed E-state index contributed by atoms with van der Waals surface area (Å²) >= 11 is 0. The van der Waals surface area contributed by atoms with Crippen LogP contribution in [-0.2, 0) is 10.0 Å². The summed E-state index contributed by atoms with van der Waals surface area (Å²) in [6.45, 7) is 0. The highest BCUT2D eigenvalue weighted by molar-refractivity contribution is 7.92. The van der Waals surface area contributed by atoms with Gasteiger partial charge in [-0.2, -0.15) is 0 Å². The molecule has 8 heteroatoms. The number of nitrogens with two attached hydrogens (primary N) is 1. The molecule has 106 valence electrons. The van der Waals surface area contributed by atoms with Crippen molar-refractivity contribution < 1.29 is 21.6 Å². The molecule has 0 bridgehead atoms. The zero-order chi connectivity index (χ0) is 14.9. The van der Waals surface area contributed by atoms with Gasteiger partial charge in [0.05, 0.1) is 11.4 Å². The lowest BCUT2D eigenvalue weighted by atomic mass is 10.3. The summed E-state index contributed by atoms with van der Waals surface area (Å²) in [5, 5.41) is 0. The Labute approximate surface area is 113 Å². The first-order valence-corrected chi connectivity index (χ1v) is 6.82. The van der Waals surface area contributed by atoms with Crippen molar-refractivity contribution in [3.8, 4) is 0 Å². The Balaban J connectivity index is 2.50. The van der Waals surface area contributed by atoms with Crippen molar-refractivity contribution in [2.24, 2.45) is 0 Å². The van der Waals surface area contributed by atoms with Gasteiger partial charge in [0.2, 0.25) is 0 Å². The lowest BCUT2D eigenvalue weighted by Gasteiger charge is -2.11. The SMILES string of the molecule is Nc1cccc(F)c1S(=O)(=O)Nc1cccc(F)c1F. The number of hydrogen-bond donors (Lipinski definition) is 2. The van der Waals surface area contributed by atoms with Gasteiger partial charge in [0.25, 0.3) is 10.0 Å². The molecule has 0 saturated carbocycles. The van der Waals surface area contributed by atoms with Crippen LogP contribution >= 0.6 is 0 Å². The molecule has 0 aromatic heterocycles. The van der Waals surface area contributed by atoms with E-state index < -0.39 is 38.1 Å². The summed E-state index contributed by atoms with van der Waals surface area (Å²) in [6, 6.07) is 6.25. The molecule has 2 aromatic carbocycles. The fraction of sp³-hybridized carbons (Fsp3) is 0. The second kappa shape index (κ2) is 5.04. The largest absolute Gasteiger partial charge is 0.398 e. The van der Waals surface area contributed by atoms with Crippen LogP contribution in [0.4, 0.5) is 24.5 Å². The molecule has 3 N–H and O–H groups in total. The Kier molecular flexibility index (Phi) is 3.58. The van der Waals surface area contributed by atoms with Gasteiger partial charge in [-0.3, -0.25) is 4.72 Å². The fourth-order valence-corrected chi connectivity index (χ4v) is 2.84. The molecule has 4 nitrogen and oxygen atoms in total. The predicted molar refractivity (Wildman–Crippen MR) is 68.0 cm³/mol. The predicted octanol–water partition coefficient (Wildman–Crippen LogP) is 2.49. The van der Waals surface area contributed by atoms with Crippen LogP contribution in [0, 0.1) is 17.5 Å². The van der Waals surface area contributed by atoms with E-state index >= 15 is 0 Å². The second-order valence-corrected chi connectivity index (χ2v) is 5.48. The summed E-state index contributed by atoms with van der Waals surface area (Å²) in [5.41, 5.74) is 4.43. The molecule has 0 aliphatic carbocycles. The Morgan fingerprint density at radius 2 is 1.55 bits per heavy atom. The first-order valence-electron chi connectivity index (χ1n) is 5.34. The van der Waals surface area contributed by atoms with E-state index in [-0.39, 0.29) is 5.69 Å². The first kappa shape index (κ1) is 14.2. The molecular weight excluding hydrogens is 293 g/mol. The monoisotopic (exact) mass is 302 g/mol. The van der Waals surface area contributed by atoms with Crippen LogP contribution in [0.1, 0.15) is 0 Å². The second-order valence-electron chi connectivity index (χ2n) is 3.87. The lowest BCUT2D eigenvalue weighted by Crippen LogP contribution is -2.17. The van der Waals surface area contributed by atoms with Crippen LogP contribution in [0.15, 0.2) is 41.3 Å². The maximum absolute atomic E-state index is 13.6. The molecule has 0 aliphatic heterocycles. The van der Waals surface area contributed by atoms with E-state index in [9.17, 15) is 21.6 Å². The van der Waals surface area contributed by atoms with E-state index in [0.29, 0.717) is 0 Å². The third-order valence-corrected chi connectivity index (χ3v) is 3.92. The molecule has 2 aromatic rings. The van der Waals surface area contributed by atoms with Gasteiger partial charge in [0.15, 0.2) is 11.6 Å². The number of benzene rings is 2. The zero-order valence-corrected chi connectivity index (χ0v) is 10.7. The maximum Gasteiger partial charge on any atom is 0.266 e. The van der Waals surface area contributed by atoms with E-state index in [1.807, 2.05) is 0 Å². The average Bonchev–Trinajstić information content (AvgIpc) is 2.34. The molecule has 0 aliphatic rings. The molecule has 0 heterocycles. The Morgan fingerprint density at radius 1 is 0.950 bits per heavy atom. The number of nitrogen functional groups attached to an aromatic ring is 1. The highest BCUT2D eigenvalue weighted by Crippen LogP contribution is 2.26. The van der Waals surface area contributed by atoms with Crippen LogP contribution in [0.2, 0.25) is 0 Å². The number of nitrogens with one attached hydrogen (secondary N) is 1. The van der Waals surface area contributed by atoms with Crippen molar-refractivity contribution in [1.82, 2.24) is 0 Å². The summed E-state index contributed by atoms with van der Waals surface area (Å²) < 4.78 is 65.7. The Bertz CT molecular complexity index is 743. The van der Waals surface area contributed by atoms with Gasteiger partial charge in [-0.15, -0.1) is 0 Å². The quantitative estimate of drug-likeness (QED) is 0.856. The van der Waals surface area contributed by atoms with E-state index in [2.05, 4.69) is 0 Å². The van der Waals surface area contributed by atoms with Gasteiger partial charge in [0, 0.05) is 0 Å². The molecule has 0 amide bonds. The number of halogens is 3. The van der Waals surface area contributed by atoms with Gasteiger partial charge in [-0.05, 0) is 24.3 Å². The molecule has 0 unspecified atom stereocenters. The van der Waals surface area contributed by atoms with Crippen molar-refractivity contribution >= 4 is 21.4 Å². The summed E-state index contributed by atoms with van der Waals surface area (Å²) in [5.74, 6) is -3.70. The molecule has 2 rings (SSSR count). The van der Waals surface area contributed by atoms with E-state index in [1.165, 1.54) is 12.1 Å². The van der Waals surface area contributed by atoms with Crippen molar-refractivity contribution in [2.45, 2.75) is 4.90 Å². The summed E-state index contributed by atoms with van der Waals surface area (Å²) in [4.78, 5) is -0.816. The standard InChI is InChI=1S/C12H9F3N2O2S/c13-7-3-2-6-10(11(7)15)17-20(18,19)12-8(14)4-1-5-9(12)16/h1-6,17H,16H2. The Morgan fingerprint density at radius 3 is 2.20 bits per heavy atom. The molecule has 20 heavy (non-hydrogen) atoms. The number of hydrogen-bond acceptors (Lipinski definition) is 3. The summed E-state index contributed by atoms with van der Waals surface area (Å²) in [6.07, 6.45) is 0. The minimum absolute atomic E-state index is 0.339. The summed E-state index contributed by atoms with van der Waals surface area (Å²) in [7, 11) is -4.47. The molecule has 0 spiro atoms. The van der Waals surface area contributed by atoms with Gasteiger partial charge >= 0.3 is 0 Å². The van der Waals surface area contributed by atoms with E-state index in [0.717, 1.165) is 24.3 Å². The number of anilines is 2. The minimum atomic E-state index is -4.47. The zero-order valence-electron chi connectivity index (χ0n) is 9.90. The van der Waals surface area contributed by atoms with E-state index in [4.69, 9.17) is 5.73 Å². The molecular formula is C12H9F3N2O2S. The normalized spacial score (nSPS) is 11.3. The van der Waals surface area contributed by atoms with Crippen molar-refractivity contribution in [2.75, 3.05) is 10.5 Å². The van der Waals surface area contributed by atoms with Gasteiger partial charge in [-0.1, -0.05) is 12.1 Å². The third kappa shape index (κ3) is 2.55. The maximum atomic E-state index is 13.6.